The summed E-state index contributed by atoms with van der Waals surface area (Å²) in [6.45, 7) is 4.20. The minimum Gasteiger partial charge on any atom is -0.505 e. The summed E-state index contributed by atoms with van der Waals surface area (Å²) in [5.74, 6) is 1.63. The molecule has 0 aromatic heterocycles. The van der Waals surface area contributed by atoms with Crippen molar-refractivity contribution in [2.24, 2.45) is 0 Å². The molecule has 0 heterocycles. The Bertz CT molecular complexity index is 393. The summed E-state index contributed by atoms with van der Waals surface area (Å²) in [6.07, 6.45) is 5.30. The lowest BCUT2D eigenvalue weighted by Gasteiger charge is -2.19. The monoisotopic (exact) mass is 207 g/mol. The van der Waals surface area contributed by atoms with E-state index in [0.29, 0.717) is 6.54 Å². The van der Waals surface area contributed by atoms with Crippen LogP contribution in [0, 0.1) is 18.2 Å². The molecular formula is C12H14FNO. The Balaban J connectivity index is 2.67. The van der Waals surface area contributed by atoms with E-state index in [9.17, 15) is 4.39 Å². The number of phenols is 1. The van der Waals surface area contributed by atoms with Crippen molar-refractivity contribution in [2.45, 2.75) is 25.9 Å². The molecule has 0 bridgehead atoms. The number of hydrogen-bond acceptors (Lipinski definition) is 2. The number of phenolic OH excluding ortho intramolecular Hbond substituents is 1. The molecule has 0 saturated carbocycles. The summed E-state index contributed by atoms with van der Waals surface area (Å²) < 4.78 is 13.0. The largest absolute Gasteiger partial charge is 0.505 e. The zero-order chi connectivity index (χ0) is 11.5. The van der Waals surface area contributed by atoms with Crippen LogP contribution in [0.15, 0.2) is 18.2 Å². The minimum atomic E-state index is -0.618. The van der Waals surface area contributed by atoms with Crippen LogP contribution in [0.2, 0.25) is 0 Å². The van der Waals surface area contributed by atoms with Crippen LogP contribution in [0.3, 0.4) is 0 Å². The Hall–Kier alpha value is -1.53. The number of terminal acetylenes is 1. The fraction of sp³-hybridized carbons (Fsp3) is 0.333. The predicted molar refractivity (Wildman–Crippen MR) is 57.8 cm³/mol. The van der Waals surface area contributed by atoms with Gasteiger partial charge in [0.2, 0.25) is 0 Å². The second kappa shape index (κ2) is 4.33. The number of rotatable bonds is 3. The van der Waals surface area contributed by atoms with Crippen LogP contribution in [-0.2, 0) is 6.54 Å². The van der Waals surface area contributed by atoms with E-state index in [1.165, 1.54) is 12.1 Å². The quantitative estimate of drug-likeness (QED) is 0.743. The van der Waals surface area contributed by atoms with Crippen molar-refractivity contribution in [3.8, 4) is 18.1 Å². The summed E-state index contributed by atoms with van der Waals surface area (Å²) >= 11 is 0. The molecule has 80 valence electrons. The fourth-order valence-corrected chi connectivity index (χ4v) is 1.03. The van der Waals surface area contributed by atoms with Crippen LogP contribution < -0.4 is 5.32 Å². The van der Waals surface area contributed by atoms with Gasteiger partial charge in [0, 0.05) is 6.54 Å². The van der Waals surface area contributed by atoms with E-state index in [-0.39, 0.29) is 5.75 Å². The molecule has 0 amide bonds. The van der Waals surface area contributed by atoms with Gasteiger partial charge in [-0.15, -0.1) is 6.42 Å². The second-order valence-corrected chi connectivity index (χ2v) is 3.91. The van der Waals surface area contributed by atoms with Gasteiger partial charge in [-0.3, -0.25) is 5.32 Å². The van der Waals surface area contributed by atoms with Crippen LogP contribution in [0.5, 0.6) is 5.75 Å². The highest BCUT2D eigenvalue weighted by Gasteiger charge is 2.12. The molecule has 15 heavy (non-hydrogen) atoms. The third kappa shape index (κ3) is 3.26. The van der Waals surface area contributed by atoms with Gasteiger partial charge in [-0.2, -0.15) is 0 Å². The lowest BCUT2D eigenvalue weighted by atomic mass is 10.1. The third-order valence-electron chi connectivity index (χ3n) is 2.11. The van der Waals surface area contributed by atoms with Crippen molar-refractivity contribution < 1.29 is 9.50 Å². The molecule has 0 aliphatic rings. The lowest BCUT2D eigenvalue weighted by molar-refractivity contribution is 0.430. The molecule has 1 rings (SSSR count). The minimum absolute atomic E-state index is 0.338. The van der Waals surface area contributed by atoms with Crippen molar-refractivity contribution in [1.29, 1.82) is 0 Å². The maximum atomic E-state index is 13.0. The Kier molecular flexibility index (Phi) is 3.33. The van der Waals surface area contributed by atoms with Gasteiger partial charge < -0.3 is 5.11 Å². The summed E-state index contributed by atoms with van der Waals surface area (Å²) in [7, 11) is 0. The average molecular weight is 207 g/mol. The van der Waals surface area contributed by atoms with E-state index in [1.54, 1.807) is 6.07 Å². The first-order chi connectivity index (χ1) is 6.94. The second-order valence-electron chi connectivity index (χ2n) is 3.91. The number of nitrogens with one attached hydrogen (secondary N) is 1. The fourth-order valence-electron chi connectivity index (χ4n) is 1.03. The maximum Gasteiger partial charge on any atom is 0.165 e. The topological polar surface area (TPSA) is 32.3 Å². The molecule has 0 atom stereocenters. The third-order valence-corrected chi connectivity index (χ3v) is 2.11. The SMILES string of the molecule is C#CC(C)(C)NCc1ccc(O)c(F)c1. The van der Waals surface area contributed by atoms with Crippen molar-refractivity contribution in [2.75, 3.05) is 0 Å². The summed E-state index contributed by atoms with van der Waals surface area (Å²) in [6, 6.07) is 4.27. The standard InChI is InChI=1S/C12H14FNO/c1-4-12(2,3)14-8-9-5-6-11(15)10(13)7-9/h1,5-7,14-15H,8H2,2-3H3. The van der Waals surface area contributed by atoms with E-state index in [2.05, 4.69) is 11.2 Å². The van der Waals surface area contributed by atoms with Crippen molar-refractivity contribution in [1.82, 2.24) is 5.32 Å². The number of benzene rings is 1. The molecule has 1 aromatic rings. The number of halogens is 1. The van der Waals surface area contributed by atoms with Gasteiger partial charge in [-0.05, 0) is 31.5 Å². The molecule has 2 N–H and O–H groups in total. The van der Waals surface area contributed by atoms with E-state index in [1.807, 2.05) is 13.8 Å². The van der Waals surface area contributed by atoms with Gasteiger partial charge in [-0.25, -0.2) is 4.39 Å². The normalized spacial score (nSPS) is 11.1. The van der Waals surface area contributed by atoms with Crippen LogP contribution in [0.25, 0.3) is 0 Å². The first kappa shape index (κ1) is 11.5. The zero-order valence-electron chi connectivity index (χ0n) is 8.84. The maximum absolute atomic E-state index is 13.0. The molecule has 1 aromatic carbocycles. The van der Waals surface area contributed by atoms with E-state index in [0.717, 1.165) is 5.56 Å². The zero-order valence-corrected chi connectivity index (χ0v) is 8.84. The van der Waals surface area contributed by atoms with E-state index < -0.39 is 11.4 Å². The summed E-state index contributed by atoms with van der Waals surface area (Å²) in [5, 5.41) is 12.1. The molecule has 2 nitrogen and oxygen atoms in total. The van der Waals surface area contributed by atoms with E-state index >= 15 is 0 Å². The van der Waals surface area contributed by atoms with Crippen LogP contribution in [-0.4, -0.2) is 10.6 Å². The van der Waals surface area contributed by atoms with Gasteiger partial charge in [-0.1, -0.05) is 12.0 Å². The molecular weight excluding hydrogens is 193 g/mol. The van der Waals surface area contributed by atoms with Crippen molar-refractivity contribution in [3.05, 3.63) is 29.6 Å². The van der Waals surface area contributed by atoms with Gasteiger partial charge in [0.15, 0.2) is 11.6 Å². The highest BCUT2D eigenvalue weighted by Crippen LogP contribution is 2.16. The van der Waals surface area contributed by atoms with Crippen LogP contribution in [0.4, 0.5) is 4.39 Å². The van der Waals surface area contributed by atoms with E-state index in [4.69, 9.17) is 11.5 Å². The molecule has 0 radical (unpaired) electrons. The molecule has 0 aliphatic heterocycles. The molecule has 0 aliphatic carbocycles. The predicted octanol–water partition coefficient (Wildman–Crippen LogP) is 2.03. The molecule has 3 heteroatoms. The van der Waals surface area contributed by atoms with Crippen molar-refractivity contribution in [3.63, 3.8) is 0 Å². The smallest absolute Gasteiger partial charge is 0.165 e. The van der Waals surface area contributed by atoms with Gasteiger partial charge in [0.05, 0.1) is 5.54 Å². The number of aromatic hydroxyl groups is 1. The summed E-state index contributed by atoms with van der Waals surface area (Å²) in [4.78, 5) is 0. The van der Waals surface area contributed by atoms with Crippen molar-refractivity contribution >= 4 is 0 Å². The highest BCUT2D eigenvalue weighted by molar-refractivity contribution is 5.28. The summed E-state index contributed by atoms with van der Waals surface area (Å²) in [5.41, 5.74) is 0.322. The van der Waals surface area contributed by atoms with Gasteiger partial charge >= 0.3 is 0 Å². The van der Waals surface area contributed by atoms with Crippen LogP contribution in [0.1, 0.15) is 19.4 Å². The highest BCUT2D eigenvalue weighted by atomic mass is 19.1. The van der Waals surface area contributed by atoms with Gasteiger partial charge in [0.1, 0.15) is 0 Å². The number of hydrogen-bond donors (Lipinski definition) is 2. The Morgan fingerprint density at radius 1 is 1.53 bits per heavy atom. The van der Waals surface area contributed by atoms with Gasteiger partial charge in [0.25, 0.3) is 0 Å². The van der Waals surface area contributed by atoms with Crippen LogP contribution >= 0.6 is 0 Å². The first-order valence-corrected chi connectivity index (χ1v) is 4.65. The lowest BCUT2D eigenvalue weighted by Crippen LogP contribution is -2.36. The molecule has 0 unspecified atom stereocenters. The average Bonchev–Trinajstić information content (AvgIpc) is 2.20. The first-order valence-electron chi connectivity index (χ1n) is 4.65. The Morgan fingerprint density at radius 2 is 2.20 bits per heavy atom. The Labute approximate surface area is 89.1 Å². The molecule has 0 spiro atoms. The molecule has 0 saturated heterocycles. The Morgan fingerprint density at radius 3 is 2.73 bits per heavy atom. The molecule has 0 fully saturated rings.